The molecule has 1 amide bonds. The van der Waals surface area contributed by atoms with E-state index in [2.05, 4.69) is 19.1 Å². The molecule has 2 aromatic rings. The minimum absolute atomic E-state index is 0.0417. The fourth-order valence-corrected chi connectivity index (χ4v) is 3.43. The number of aromatic carboxylic acids is 1. The lowest BCUT2D eigenvalue weighted by Crippen LogP contribution is -3.14. The van der Waals surface area contributed by atoms with Gasteiger partial charge in [-0.25, -0.2) is 0 Å². The first-order chi connectivity index (χ1) is 12.1. The number of hydrogen-bond acceptors (Lipinski definition) is 3. The molecule has 5 nitrogen and oxygen atoms in total. The highest BCUT2D eigenvalue weighted by Crippen LogP contribution is 2.13. The zero-order valence-electron chi connectivity index (χ0n) is 14.3. The Bertz CT molecular complexity index is 753. The Labute approximate surface area is 147 Å². The second-order valence-electron chi connectivity index (χ2n) is 6.42. The lowest BCUT2D eigenvalue weighted by molar-refractivity contribution is -0.933. The number of carboxylic acids is 1. The van der Waals surface area contributed by atoms with E-state index in [4.69, 9.17) is 0 Å². The number of hydrogen-bond donors (Lipinski definition) is 1. The summed E-state index contributed by atoms with van der Waals surface area (Å²) in [4.78, 5) is 27.1. The first-order valence-corrected chi connectivity index (χ1v) is 8.57. The largest absolute Gasteiger partial charge is 0.545 e. The van der Waals surface area contributed by atoms with E-state index in [-0.39, 0.29) is 17.0 Å². The van der Waals surface area contributed by atoms with E-state index < -0.39 is 5.97 Å². The topological polar surface area (TPSA) is 64.9 Å². The zero-order chi connectivity index (χ0) is 17.8. The molecule has 5 heteroatoms. The molecule has 2 aromatic carbocycles. The quantitative estimate of drug-likeness (QED) is 0.863. The predicted molar refractivity (Wildman–Crippen MR) is 92.2 cm³/mol. The van der Waals surface area contributed by atoms with Gasteiger partial charge in [-0.1, -0.05) is 48.5 Å². The molecule has 0 radical (unpaired) electrons. The van der Waals surface area contributed by atoms with Gasteiger partial charge in [0, 0.05) is 16.7 Å². The van der Waals surface area contributed by atoms with Crippen LogP contribution in [0.15, 0.2) is 54.6 Å². The highest BCUT2D eigenvalue weighted by Gasteiger charge is 2.29. The molecule has 1 N–H and O–H groups in total. The Balaban J connectivity index is 1.66. The van der Waals surface area contributed by atoms with Gasteiger partial charge in [-0.3, -0.25) is 4.79 Å². The Morgan fingerprint density at radius 3 is 2.12 bits per heavy atom. The normalized spacial score (nSPS) is 16.4. The average molecular weight is 338 g/mol. The third-order valence-corrected chi connectivity index (χ3v) is 4.98. The highest BCUT2D eigenvalue weighted by atomic mass is 16.4. The summed E-state index contributed by atoms with van der Waals surface area (Å²) in [6.07, 6.45) is 0. The summed E-state index contributed by atoms with van der Waals surface area (Å²) in [5.41, 5.74) is 1.46. The molecule has 1 saturated heterocycles. The lowest BCUT2D eigenvalue weighted by Gasteiger charge is -2.35. The summed E-state index contributed by atoms with van der Waals surface area (Å²) in [5.74, 6) is -1.54. The molecule has 0 spiro atoms. The van der Waals surface area contributed by atoms with Gasteiger partial charge in [0.1, 0.15) is 6.04 Å². The fraction of sp³-hybridized carbons (Fsp3) is 0.300. The van der Waals surface area contributed by atoms with Crippen LogP contribution in [0.25, 0.3) is 0 Å². The van der Waals surface area contributed by atoms with Crippen molar-refractivity contribution in [2.24, 2.45) is 0 Å². The second kappa shape index (κ2) is 7.49. The lowest BCUT2D eigenvalue weighted by atomic mass is 10.0. The molecule has 0 bridgehead atoms. The molecular formula is C20H22N2O3. The van der Waals surface area contributed by atoms with Gasteiger partial charge in [0.25, 0.3) is 5.91 Å². The van der Waals surface area contributed by atoms with Gasteiger partial charge in [-0.05, 0) is 13.0 Å². The van der Waals surface area contributed by atoms with Crippen molar-refractivity contribution in [3.05, 3.63) is 71.3 Å². The molecule has 1 aliphatic heterocycles. The van der Waals surface area contributed by atoms with Crippen molar-refractivity contribution < 1.29 is 19.6 Å². The molecule has 1 atom stereocenters. The predicted octanol–water partition coefficient (Wildman–Crippen LogP) is 0.152. The van der Waals surface area contributed by atoms with Crippen LogP contribution >= 0.6 is 0 Å². The molecule has 0 unspecified atom stereocenters. The summed E-state index contributed by atoms with van der Waals surface area (Å²) in [7, 11) is 0. The van der Waals surface area contributed by atoms with Crippen LogP contribution < -0.4 is 10.0 Å². The maximum atomic E-state index is 12.7. The number of piperazine rings is 1. The van der Waals surface area contributed by atoms with Crippen molar-refractivity contribution in [3.8, 4) is 0 Å². The number of carbonyl (C=O) groups is 2. The number of quaternary nitrogens is 1. The van der Waals surface area contributed by atoms with E-state index in [0.29, 0.717) is 19.1 Å². The Morgan fingerprint density at radius 2 is 1.52 bits per heavy atom. The van der Waals surface area contributed by atoms with Crippen LogP contribution in [0.4, 0.5) is 0 Å². The molecule has 0 saturated carbocycles. The highest BCUT2D eigenvalue weighted by molar-refractivity contribution is 6.04. The van der Waals surface area contributed by atoms with Crippen molar-refractivity contribution in [1.82, 2.24) is 4.90 Å². The van der Waals surface area contributed by atoms with Crippen LogP contribution in [-0.2, 0) is 0 Å². The molecular weight excluding hydrogens is 316 g/mol. The summed E-state index contributed by atoms with van der Waals surface area (Å²) in [6.45, 7) is 5.12. The summed E-state index contributed by atoms with van der Waals surface area (Å²) in [5, 5.41) is 11.2. The number of carboxylic acid groups (broad SMARTS) is 1. The molecule has 1 fully saturated rings. The van der Waals surface area contributed by atoms with E-state index in [0.717, 1.165) is 13.1 Å². The number of rotatable bonds is 4. The Morgan fingerprint density at radius 1 is 0.960 bits per heavy atom. The van der Waals surface area contributed by atoms with Gasteiger partial charge in [0.15, 0.2) is 0 Å². The van der Waals surface area contributed by atoms with Crippen molar-refractivity contribution in [3.63, 3.8) is 0 Å². The van der Waals surface area contributed by atoms with Gasteiger partial charge >= 0.3 is 0 Å². The number of benzene rings is 2. The Kier molecular flexibility index (Phi) is 5.14. The Hall–Kier alpha value is -2.66. The van der Waals surface area contributed by atoms with E-state index in [1.165, 1.54) is 16.5 Å². The summed E-state index contributed by atoms with van der Waals surface area (Å²) in [6, 6.07) is 17.0. The number of amides is 1. The van der Waals surface area contributed by atoms with E-state index in [1.807, 2.05) is 18.2 Å². The van der Waals surface area contributed by atoms with E-state index in [1.54, 1.807) is 23.1 Å². The SMILES string of the molecule is C[C@@H](c1ccccc1)[NH+]1CCN(C(=O)c2ccccc2C(=O)[O-])CC1. The van der Waals surface area contributed by atoms with Crippen LogP contribution in [0, 0.1) is 0 Å². The van der Waals surface area contributed by atoms with E-state index in [9.17, 15) is 14.7 Å². The molecule has 1 aliphatic rings. The number of nitrogens with one attached hydrogen (secondary N) is 1. The summed E-state index contributed by atoms with van der Waals surface area (Å²) < 4.78 is 0. The third-order valence-electron chi connectivity index (χ3n) is 4.98. The standard InChI is InChI=1S/C20H22N2O3/c1-15(16-7-3-2-4-8-16)21-11-13-22(14-12-21)19(23)17-9-5-6-10-18(17)20(24)25/h2-10,15H,11-14H2,1H3,(H,24,25)/t15-/m0/s1. The van der Waals surface area contributed by atoms with Crippen LogP contribution in [0.5, 0.6) is 0 Å². The van der Waals surface area contributed by atoms with Crippen LogP contribution in [-0.4, -0.2) is 43.0 Å². The summed E-state index contributed by atoms with van der Waals surface area (Å²) >= 11 is 0. The van der Waals surface area contributed by atoms with Crippen molar-refractivity contribution >= 4 is 11.9 Å². The van der Waals surface area contributed by atoms with Crippen LogP contribution in [0.2, 0.25) is 0 Å². The monoisotopic (exact) mass is 338 g/mol. The molecule has 1 heterocycles. The minimum Gasteiger partial charge on any atom is -0.545 e. The average Bonchev–Trinajstić information content (AvgIpc) is 2.67. The van der Waals surface area contributed by atoms with Gasteiger partial charge in [0.2, 0.25) is 0 Å². The second-order valence-corrected chi connectivity index (χ2v) is 6.42. The third kappa shape index (κ3) is 3.72. The molecule has 0 aliphatic carbocycles. The molecule has 0 aromatic heterocycles. The minimum atomic E-state index is -1.31. The molecule has 3 rings (SSSR count). The van der Waals surface area contributed by atoms with Gasteiger partial charge in [-0.15, -0.1) is 0 Å². The van der Waals surface area contributed by atoms with Gasteiger partial charge < -0.3 is 19.7 Å². The van der Waals surface area contributed by atoms with Crippen molar-refractivity contribution in [2.45, 2.75) is 13.0 Å². The van der Waals surface area contributed by atoms with Crippen molar-refractivity contribution in [2.75, 3.05) is 26.2 Å². The molecule has 25 heavy (non-hydrogen) atoms. The van der Waals surface area contributed by atoms with E-state index >= 15 is 0 Å². The smallest absolute Gasteiger partial charge is 0.254 e. The fourth-order valence-electron chi connectivity index (χ4n) is 3.43. The van der Waals surface area contributed by atoms with Gasteiger partial charge in [-0.2, -0.15) is 0 Å². The number of nitrogens with zero attached hydrogens (tertiary/aromatic N) is 1. The first kappa shape index (κ1) is 17.2. The first-order valence-electron chi connectivity index (χ1n) is 8.57. The van der Waals surface area contributed by atoms with Crippen molar-refractivity contribution in [1.29, 1.82) is 0 Å². The maximum absolute atomic E-state index is 12.7. The zero-order valence-corrected chi connectivity index (χ0v) is 14.3. The maximum Gasteiger partial charge on any atom is 0.254 e. The van der Waals surface area contributed by atoms with Gasteiger partial charge in [0.05, 0.1) is 32.1 Å². The number of carbonyl (C=O) groups excluding carboxylic acids is 2. The molecule has 130 valence electrons. The van der Waals surface area contributed by atoms with Crippen LogP contribution in [0.3, 0.4) is 0 Å². The van der Waals surface area contributed by atoms with Crippen LogP contribution in [0.1, 0.15) is 39.2 Å².